The number of hydrogen-bond donors (Lipinski definition) is 1. The molecule has 1 saturated carbocycles. The van der Waals surface area contributed by atoms with Crippen LogP contribution in [0.1, 0.15) is 38.5 Å². The van der Waals surface area contributed by atoms with Crippen molar-refractivity contribution in [3.63, 3.8) is 0 Å². The number of hydrogen-bond acceptors (Lipinski definition) is 3. The summed E-state index contributed by atoms with van der Waals surface area (Å²) in [6.45, 7) is 0.526. The summed E-state index contributed by atoms with van der Waals surface area (Å²) in [4.78, 5) is 16.1. The van der Waals surface area contributed by atoms with E-state index >= 15 is 0 Å². The Kier molecular flexibility index (Phi) is 2.83. The molecule has 1 unspecified atom stereocenters. The maximum absolute atomic E-state index is 12.3. The Hall–Kier alpha value is -0.680. The van der Waals surface area contributed by atoms with Gasteiger partial charge < -0.3 is 10.0 Å². The van der Waals surface area contributed by atoms with Gasteiger partial charge in [0.2, 0.25) is 0 Å². The van der Waals surface area contributed by atoms with Gasteiger partial charge in [0.15, 0.2) is 5.11 Å². The van der Waals surface area contributed by atoms with Gasteiger partial charge in [-0.15, -0.1) is 0 Å². The number of aliphatic hydroxyl groups excluding tert-OH is 1. The second-order valence-electron chi connectivity index (χ2n) is 5.34. The van der Waals surface area contributed by atoms with Gasteiger partial charge in [0.25, 0.3) is 5.91 Å². The highest BCUT2D eigenvalue weighted by Gasteiger charge is 2.49. The van der Waals surface area contributed by atoms with E-state index < -0.39 is 6.10 Å². The molecule has 3 rings (SSSR count). The minimum Gasteiger partial charge on any atom is -0.391 e. The van der Waals surface area contributed by atoms with Gasteiger partial charge in [0.05, 0.1) is 6.10 Å². The minimum absolute atomic E-state index is 0.124. The van der Waals surface area contributed by atoms with E-state index in [1.165, 1.54) is 19.3 Å². The summed E-state index contributed by atoms with van der Waals surface area (Å²) in [5, 5.41) is 10.3. The lowest BCUT2D eigenvalue weighted by Gasteiger charge is -2.31. The number of rotatable bonds is 1. The monoisotopic (exact) mass is 254 g/mol. The van der Waals surface area contributed by atoms with Crippen LogP contribution in [-0.4, -0.2) is 50.7 Å². The summed E-state index contributed by atoms with van der Waals surface area (Å²) in [5.74, 6) is 0.124. The van der Waals surface area contributed by atoms with Crippen LogP contribution in [0.25, 0.3) is 0 Å². The highest BCUT2D eigenvalue weighted by molar-refractivity contribution is 7.80. The molecule has 1 N–H and O–H groups in total. The van der Waals surface area contributed by atoms with Crippen LogP contribution in [0.2, 0.25) is 0 Å². The third-order valence-corrected chi connectivity index (χ3v) is 4.62. The second kappa shape index (κ2) is 4.21. The van der Waals surface area contributed by atoms with Crippen molar-refractivity contribution in [3.05, 3.63) is 0 Å². The summed E-state index contributed by atoms with van der Waals surface area (Å²) in [6, 6.07) is 0.130. The lowest BCUT2D eigenvalue weighted by molar-refractivity contribution is -0.129. The molecule has 94 valence electrons. The molecule has 3 aliphatic rings. The average molecular weight is 254 g/mol. The molecule has 0 aromatic rings. The maximum atomic E-state index is 12.3. The van der Waals surface area contributed by atoms with Gasteiger partial charge in [-0.3, -0.25) is 9.69 Å². The molecule has 1 aliphatic carbocycles. The molecule has 0 spiro atoms. The Labute approximate surface area is 107 Å². The average Bonchev–Trinajstić information content (AvgIpc) is 2.81. The highest BCUT2D eigenvalue weighted by atomic mass is 32.1. The van der Waals surface area contributed by atoms with Crippen molar-refractivity contribution in [2.75, 3.05) is 6.54 Å². The molecule has 2 saturated heterocycles. The van der Waals surface area contributed by atoms with Crippen molar-refractivity contribution in [2.24, 2.45) is 0 Å². The summed E-state index contributed by atoms with van der Waals surface area (Å²) in [6.07, 6.45) is 5.98. The van der Waals surface area contributed by atoms with Crippen molar-refractivity contribution >= 4 is 23.2 Å². The first-order chi connectivity index (χ1) is 8.18. The fraction of sp³-hybridized carbons (Fsp3) is 0.833. The Morgan fingerprint density at radius 1 is 1.24 bits per heavy atom. The van der Waals surface area contributed by atoms with Crippen molar-refractivity contribution in [1.82, 2.24) is 9.80 Å². The van der Waals surface area contributed by atoms with Crippen molar-refractivity contribution in [3.8, 4) is 0 Å². The molecule has 1 amide bonds. The van der Waals surface area contributed by atoms with Crippen LogP contribution < -0.4 is 0 Å². The molecule has 0 aromatic carbocycles. The molecule has 17 heavy (non-hydrogen) atoms. The van der Waals surface area contributed by atoms with Crippen LogP contribution in [0.4, 0.5) is 0 Å². The summed E-state index contributed by atoms with van der Waals surface area (Å²) < 4.78 is 0. The van der Waals surface area contributed by atoms with Crippen LogP contribution >= 0.6 is 12.2 Å². The van der Waals surface area contributed by atoms with Crippen LogP contribution in [0.5, 0.6) is 0 Å². The van der Waals surface area contributed by atoms with Gasteiger partial charge in [0.1, 0.15) is 6.04 Å². The number of fused-ring (bicyclic) bond motifs is 1. The molecular formula is C12H18N2O2S. The molecule has 0 radical (unpaired) electrons. The first kappa shape index (κ1) is 11.4. The first-order valence-corrected chi connectivity index (χ1v) is 6.91. The van der Waals surface area contributed by atoms with E-state index in [1.807, 2.05) is 9.80 Å². The van der Waals surface area contributed by atoms with E-state index in [-0.39, 0.29) is 11.9 Å². The van der Waals surface area contributed by atoms with Gasteiger partial charge >= 0.3 is 0 Å². The molecule has 2 atom stereocenters. The van der Waals surface area contributed by atoms with Gasteiger partial charge in [-0.05, 0) is 25.1 Å². The quantitative estimate of drug-likeness (QED) is 0.706. The summed E-state index contributed by atoms with van der Waals surface area (Å²) in [5.41, 5.74) is 0. The van der Waals surface area contributed by atoms with Gasteiger partial charge in [-0.2, -0.15) is 0 Å². The number of amides is 1. The predicted octanol–water partition coefficient (Wildman–Crippen LogP) is 0.881. The lowest BCUT2D eigenvalue weighted by Crippen LogP contribution is -2.43. The van der Waals surface area contributed by atoms with Crippen LogP contribution in [0.15, 0.2) is 0 Å². The molecule has 0 aromatic heterocycles. The summed E-state index contributed by atoms with van der Waals surface area (Å²) >= 11 is 5.41. The van der Waals surface area contributed by atoms with E-state index in [1.54, 1.807) is 0 Å². The number of nitrogens with zero attached hydrogens (tertiary/aromatic N) is 2. The molecule has 2 heterocycles. The zero-order chi connectivity index (χ0) is 12.0. The van der Waals surface area contributed by atoms with Crippen molar-refractivity contribution in [1.29, 1.82) is 0 Å². The van der Waals surface area contributed by atoms with Gasteiger partial charge in [-0.1, -0.05) is 19.3 Å². The number of carbonyl (C=O) groups is 1. The van der Waals surface area contributed by atoms with Gasteiger partial charge in [-0.25, -0.2) is 0 Å². The van der Waals surface area contributed by atoms with Gasteiger partial charge in [0, 0.05) is 19.0 Å². The van der Waals surface area contributed by atoms with E-state index in [9.17, 15) is 9.90 Å². The Bertz CT molecular complexity index is 330. The zero-order valence-electron chi connectivity index (χ0n) is 9.84. The van der Waals surface area contributed by atoms with E-state index in [0.29, 0.717) is 24.1 Å². The molecule has 0 bridgehead atoms. The Morgan fingerprint density at radius 3 is 2.59 bits per heavy atom. The molecular weight excluding hydrogens is 236 g/mol. The fourth-order valence-electron chi connectivity index (χ4n) is 3.33. The fourth-order valence-corrected chi connectivity index (χ4v) is 3.77. The SMILES string of the molecule is O=C1C2C[C@@H](O)CN2C(=S)N1C1CCCCC1. The highest BCUT2D eigenvalue weighted by Crippen LogP contribution is 2.33. The minimum atomic E-state index is -0.393. The zero-order valence-corrected chi connectivity index (χ0v) is 10.7. The third kappa shape index (κ3) is 1.76. The number of carbonyl (C=O) groups excluding carboxylic acids is 1. The molecule has 5 heteroatoms. The van der Waals surface area contributed by atoms with Crippen LogP contribution in [0, 0.1) is 0 Å². The molecule has 2 aliphatic heterocycles. The normalized spacial score (nSPS) is 34.6. The molecule has 4 nitrogen and oxygen atoms in total. The summed E-state index contributed by atoms with van der Waals surface area (Å²) in [7, 11) is 0. The van der Waals surface area contributed by atoms with E-state index in [4.69, 9.17) is 12.2 Å². The van der Waals surface area contributed by atoms with Crippen molar-refractivity contribution < 1.29 is 9.90 Å². The second-order valence-corrected chi connectivity index (χ2v) is 5.71. The number of thiocarbonyl (C=S) groups is 1. The third-order valence-electron chi connectivity index (χ3n) is 4.19. The molecule has 3 fully saturated rings. The largest absolute Gasteiger partial charge is 0.391 e. The standard InChI is InChI=1S/C12H18N2O2S/c15-9-6-10-11(16)14(12(17)13(10)7-9)8-4-2-1-3-5-8/h8-10,15H,1-7H2/t9-,10?/m1/s1. The van der Waals surface area contributed by atoms with Crippen LogP contribution in [-0.2, 0) is 4.79 Å². The topological polar surface area (TPSA) is 43.8 Å². The van der Waals surface area contributed by atoms with E-state index in [2.05, 4.69) is 0 Å². The Morgan fingerprint density at radius 2 is 1.94 bits per heavy atom. The first-order valence-electron chi connectivity index (χ1n) is 6.50. The predicted molar refractivity (Wildman–Crippen MR) is 67.4 cm³/mol. The lowest BCUT2D eigenvalue weighted by atomic mass is 9.94. The Balaban J connectivity index is 1.79. The van der Waals surface area contributed by atoms with E-state index in [0.717, 1.165) is 12.8 Å². The van der Waals surface area contributed by atoms with Crippen LogP contribution in [0.3, 0.4) is 0 Å². The smallest absolute Gasteiger partial charge is 0.251 e. The van der Waals surface area contributed by atoms with Crippen molar-refractivity contribution in [2.45, 2.75) is 56.7 Å². The maximum Gasteiger partial charge on any atom is 0.251 e. The number of aliphatic hydroxyl groups is 1.